The molecule has 1 aromatic rings. The summed E-state index contributed by atoms with van der Waals surface area (Å²) in [6.45, 7) is 6.50. The van der Waals surface area contributed by atoms with Gasteiger partial charge in [0.05, 0.1) is 5.60 Å². The van der Waals surface area contributed by atoms with Gasteiger partial charge in [-0.3, -0.25) is 0 Å². The maximum atomic E-state index is 6.11. The summed E-state index contributed by atoms with van der Waals surface area (Å²) in [6.07, 6.45) is 5.95. The molecule has 0 bridgehead atoms. The first-order chi connectivity index (χ1) is 8.74. The maximum Gasteiger partial charge on any atom is 0.0810 e. The van der Waals surface area contributed by atoms with Gasteiger partial charge in [-0.1, -0.05) is 6.92 Å². The lowest BCUT2D eigenvalue weighted by atomic mass is 9.85. The zero-order valence-electron chi connectivity index (χ0n) is 11.6. The Bertz CT molecular complexity index is 330. The first-order valence-electron chi connectivity index (χ1n) is 7.13. The molecule has 2 unspecified atom stereocenters. The zero-order chi connectivity index (χ0) is 12.8. The fraction of sp³-hybridized carbons (Fsp3) is 0.733. The van der Waals surface area contributed by atoms with E-state index in [2.05, 4.69) is 36.0 Å². The number of hydrogen-bond donors (Lipinski definition) is 1. The average molecular weight is 267 g/mol. The van der Waals surface area contributed by atoms with Gasteiger partial charge in [0, 0.05) is 12.6 Å². The molecule has 1 aliphatic heterocycles. The van der Waals surface area contributed by atoms with Crippen LogP contribution >= 0.6 is 11.3 Å². The van der Waals surface area contributed by atoms with Crippen LogP contribution in [-0.4, -0.2) is 24.8 Å². The van der Waals surface area contributed by atoms with Crippen molar-refractivity contribution in [2.24, 2.45) is 0 Å². The van der Waals surface area contributed by atoms with E-state index in [4.69, 9.17) is 4.74 Å². The highest BCUT2D eigenvalue weighted by atomic mass is 32.1. The lowest BCUT2D eigenvalue weighted by molar-refractivity contribution is -0.0883. The lowest BCUT2D eigenvalue weighted by Gasteiger charge is -2.41. The van der Waals surface area contributed by atoms with Crippen LogP contribution in [0.15, 0.2) is 16.8 Å². The van der Waals surface area contributed by atoms with Gasteiger partial charge in [0.1, 0.15) is 0 Å². The Morgan fingerprint density at radius 2 is 2.39 bits per heavy atom. The second kappa shape index (κ2) is 6.69. The van der Waals surface area contributed by atoms with Gasteiger partial charge < -0.3 is 10.1 Å². The van der Waals surface area contributed by atoms with E-state index in [1.54, 1.807) is 11.3 Å². The number of hydrogen-bond acceptors (Lipinski definition) is 3. The summed E-state index contributed by atoms with van der Waals surface area (Å²) in [4.78, 5) is 0. The summed E-state index contributed by atoms with van der Waals surface area (Å²) in [6, 6.07) is 2.67. The summed E-state index contributed by atoms with van der Waals surface area (Å²) >= 11 is 1.78. The smallest absolute Gasteiger partial charge is 0.0810 e. The second-order valence-electron chi connectivity index (χ2n) is 5.46. The molecule has 0 amide bonds. The minimum atomic E-state index is 0.00928. The van der Waals surface area contributed by atoms with E-state index in [-0.39, 0.29) is 5.60 Å². The van der Waals surface area contributed by atoms with Gasteiger partial charge in [-0.25, -0.2) is 0 Å². The highest BCUT2D eigenvalue weighted by Gasteiger charge is 2.36. The van der Waals surface area contributed by atoms with Gasteiger partial charge in [0.15, 0.2) is 0 Å². The summed E-state index contributed by atoms with van der Waals surface area (Å²) in [5, 5.41) is 8.12. The molecule has 1 aliphatic rings. The first-order valence-corrected chi connectivity index (χ1v) is 8.07. The third-order valence-corrected chi connectivity index (χ3v) is 4.63. The van der Waals surface area contributed by atoms with E-state index in [0.29, 0.717) is 6.04 Å². The molecule has 18 heavy (non-hydrogen) atoms. The SMILES string of the molecule is CCCNC(Cc1ccsc1)C1(C)CCCCO1. The summed E-state index contributed by atoms with van der Waals surface area (Å²) < 4.78 is 6.11. The minimum absolute atomic E-state index is 0.00928. The quantitative estimate of drug-likeness (QED) is 0.850. The van der Waals surface area contributed by atoms with Crippen molar-refractivity contribution in [2.75, 3.05) is 13.2 Å². The van der Waals surface area contributed by atoms with Crippen LogP contribution in [0, 0.1) is 0 Å². The van der Waals surface area contributed by atoms with Crippen molar-refractivity contribution in [3.05, 3.63) is 22.4 Å². The highest BCUT2D eigenvalue weighted by molar-refractivity contribution is 7.07. The summed E-state index contributed by atoms with van der Waals surface area (Å²) in [5.41, 5.74) is 1.44. The van der Waals surface area contributed by atoms with Gasteiger partial charge in [0.25, 0.3) is 0 Å². The molecule has 1 fully saturated rings. The van der Waals surface area contributed by atoms with E-state index in [1.165, 1.54) is 31.2 Å². The van der Waals surface area contributed by atoms with Gasteiger partial charge in [-0.05, 0) is 68.0 Å². The van der Waals surface area contributed by atoms with E-state index < -0.39 is 0 Å². The van der Waals surface area contributed by atoms with Crippen LogP contribution in [0.3, 0.4) is 0 Å². The number of thiophene rings is 1. The lowest BCUT2D eigenvalue weighted by Crippen LogP contribution is -2.53. The van der Waals surface area contributed by atoms with Crippen molar-refractivity contribution in [3.63, 3.8) is 0 Å². The predicted octanol–water partition coefficient (Wildman–Crippen LogP) is 3.62. The van der Waals surface area contributed by atoms with Crippen LogP contribution in [-0.2, 0) is 11.2 Å². The molecular formula is C15H25NOS. The summed E-state index contributed by atoms with van der Waals surface area (Å²) in [7, 11) is 0. The van der Waals surface area contributed by atoms with Crippen LogP contribution < -0.4 is 5.32 Å². The topological polar surface area (TPSA) is 21.3 Å². The molecule has 3 heteroatoms. The standard InChI is InChI=1S/C15H25NOS/c1-3-8-16-14(11-13-6-10-18-12-13)15(2)7-4-5-9-17-15/h6,10,12,14,16H,3-5,7-9,11H2,1-2H3. The normalized spacial score (nSPS) is 26.1. The van der Waals surface area contributed by atoms with Gasteiger partial charge >= 0.3 is 0 Å². The fourth-order valence-electron chi connectivity index (χ4n) is 2.70. The molecule has 2 nitrogen and oxygen atoms in total. The number of nitrogens with one attached hydrogen (secondary N) is 1. The third kappa shape index (κ3) is 3.56. The molecule has 0 saturated carbocycles. The van der Waals surface area contributed by atoms with Crippen molar-refractivity contribution >= 4 is 11.3 Å². The molecule has 1 N–H and O–H groups in total. The average Bonchev–Trinajstić information content (AvgIpc) is 2.88. The molecule has 2 rings (SSSR count). The maximum absolute atomic E-state index is 6.11. The van der Waals surface area contributed by atoms with Crippen molar-refractivity contribution in [2.45, 2.75) is 57.6 Å². The molecule has 102 valence electrons. The molecule has 2 atom stereocenters. The van der Waals surface area contributed by atoms with E-state index in [0.717, 1.165) is 19.6 Å². The van der Waals surface area contributed by atoms with Crippen molar-refractivity contribution < 1.29 is 4.74 Å². The molecule has 0 spiro atoms. The van der Waals surface area contributed by atoms with E-state index in [9.17, 15) is 0 Å². The Hall–Kier alpha value is -0.380. The third-order valence-electron chi connectivity index (χ3n) is 3.90. The Balaban J connectivity index is 2.03. The first kappa shape index (κ1) is 14.0. The minimum Gasteiger partial charge on any atom is -0.374 e. The molecule has 0 aliphatic carbocycles. The van der Waals surface area contributed by atoms with Crippen LogP contribution in [0.2, 0.25) is 0 Å². The van der Waals surface area contributed by atoms with Crippen LogP contribution in [0.25, 0.3) is 0 Å². The van der Waals surface area contributed by atoms with Gasteiger partial charge in [-0.2, -0.15) is 11.3 Å². The highest BCUT2D eigenvalue weighted by Crippen LogP contribution is 2.30. The van der Waals surface area contributed by atoms with Gasteiger partial charge in [0.2, 0.25) is 0 Å². The Morgan fingerprint density at radius 1 is 1.50 bits per heavy atom. The van der Waals surface area contributed by atoms with Crippen molar-refractivity contribution in [3.8, 4) is 0 Å². The molecule has 1 saturated heterocycles. The Morgan fingerprint density at radius 3 is 3.00 bits per heavy atom. The zero-order valence-corrected chi connectivity index (χ0v) is 12.4. The largest absolute Gasteiger partial charge is 0.374 e. The Labute approximate surface area is 115 Å². The molecule has 1 aromatic heterocycles. The number of rotatable bonds is 6. The van der Waals surface area contributed by atoms with Crippen LogP contribution in [0.1, 0.15) is 45.1 Å². The molecular weight excluding hydrogens is 242 g/mol. The molecule has 0 radical (unpaired) electrons. The van der Waals surface area contributed by atoms with E-state index in [1.807, 2.05) is 0 Å². The van der Waals surface area contributed by atoms with Crippen LogP contribution in [0.5, 0.6) is 0 Å². The molecule has 0 aromatic carbocycles. The Kier molecular flexibility index (Phi) is 5.22. The monoisotopic (exact) mass is 267 g/mol. The molecule has 2 heterocycles. The van der Waals surface area contributed by atoms with E-state index >= 15 is 0 Å². The van der Waals surface area contributed by atoms with Crippen LogP contribution in [0.4, 0.5) is 0 Å². The van der Waals surface area contributed by atoms with Crippen molar-refractivity contribution in [1.82, 2.24) is 5.32 Å². The summed E-state index contributed by atoms with van der Waals surface area (Å²) in [5.74, 6) is 0. The number of ether oxygens (including phenoxy) is 1. The fourth-order valence-corrected chi connectivity index (χ4v) is 3.38. The predicted molar refractivity (Wildman–Crippen MR) is 78.3 cm³/mol. The van der Waals surface area contributed by atoms with Crippen molar-refractivity contribution in [1.29, 1.82) is 0 Å². The van der Waals surface area contributed by atoms with Gasteiger partial charge in [-0.15, -0.1) is 0 Å². The second-order valence-corrected chi connectivity index (χ2v) is 6.24.